The van der Waals surface area contributed by atoms with E-state index < -0.39 is 23.8 Å². The molecule has 11 heteroatoms. The number of halogens is 1. The van der Waals surface area contributed by atoms with Gasteiger partial charge in [0.05, 0.1) is 24.8 Å². The van der Waals surface area contributed by atoms with Gasteiger partial charge in [0, 0.05) is 43.2 Å². The van der Waals surface area contributed by atoms with E-state index in [1.807, 2.05) is 52.8 Å². The number of aliphatic hydroxyl groups is 2. The highest BCUT2D eigenvalue weighted by Crippen LogP contribution is 2.62. The highest BCUT2D eigenvalue weighted by Gasteiger charge is 2.65. The Morgan fingerprint density at radius 2 is 1.84 bits per heavy atom. The van der Waals surface area contributed by atoms with Crippen LogP contribution in [-0.4, -0.2) is 78.3 Å². The fourth-order valence-corrected chi connectivity index (χ4v) is 8.63. The molecule has 6 unspecified atom stereocenters. The summed E-state index contributed by atoms with van der Waals surface area (Å²) in [5, 5.41) is 24.4. The minimum absolute atomic E-state index is 0.0531. The molecular formula is C45H63FN2O8. The van der Waals surface area contributed by atoms with E-state index in [0.717, 1.165) is 42.5 Å². The van der Waals surface area contributed by atoms with Crippen molar-refractivity contribution < 1.29 is 43.2 Å². The molecule has 2 N–H and O–H groups in total. The smallest absolute Gasteiger partial charge is 0.410 e. The molecule has 308 valence electrons. The van der Waals surface area contributed by atoms with Crippen molar-refractivity contribution in [2.45, 2.75) is 110 Å². The SMILES string of the molecule is C=CCOC12Oc3ccc(OCc4ccccc4F)cc3C3C(CCCCO)C(CCCCO)C=C(C(=NOCC)CC1N(CCC)C(=O)OCC(C)(C)C)C32. The number of benzene rings is 2. The summed E-state index contributed by atoms with van der Waals surface area (Å²) < 4.78 is 41.2. The Morgan fingerprint density at radius 3 is 2.52 bits per heavy atom. The quantitative estimate of drug-likeness (QED) is 0.0777. The van der Waals surface area contributed by atoms with Gasteiger partial charge in [0.2, 0.25) is 5.79 Å². The van der Waals surface area contributed by atoms with E-state index in [2.05, 4.69) is 12.7 Å². The first-order chi connectivity index (χ1) is 27.0. The van der Waals surface area contributed by atoms with Crippen LogP contribution in [0.1, 0.15) is 103 Å². The van der Waals surface area contributed by atoms with Gasteiger partial charge >= 0.3 is 6.09 Å². The molecule has 1 saturated carbocycles. The first-order valence-corrected chi connectivity index (χ1v) is 20.5. The predicted molar refractivity (Wildman–Crippen MR) is 215 cm³/mol. The minimum Gasteiger partial charge on any atom is -0.489 e. The normalized spacial score (nSPS) is 24.7. The van der Waals surface area contributed by atoms with Crippen LogP contribution in [0.5, 0.6) is 11.5 Å². The van der Waals surface area contributed by atoms with E-state index in [1.165, 1.54) is 6.07 Å². The number of carbonyl (C=O) groups excluding carboxylic acids is 1. The second-order valence-corrected chi connectivity index (χ2v) is 16.4. The lowest BCUT2D eigenvalue weighted by Crippen LogP contribution is -2.70. The van der Waals surface area contributed by atoms with Crippen molar-refractivity contribution in [1.29, 1.82) is 0 Å². The summed E-state index contributed by atoms with van der Waals surface area (Å²) in [6.45, 7) is 15.4. The molecule has 0 saturated heterocycles. The number of rotatable bonds is 20. The Balaban J connectivity index is 1.73. The van der Waals surface area contributed by atoms with Crippen molar-refractivity contribution >= 4 is 11.8 Å². The van der Waals surface area contributed by atoms with Crippen LogP contribution in [-0.2, 0) is 20.9 Å². The number of hydrogen-bond donors (Lipinski definition) is 2. The fraction of sp³-hybridized carbons (Fsp3) is 0.600. The molecule has 5 rings (SSSR count). The second-order valence-electron chi connectivity index (χ2n) is 16.4. The van der Waals surface area contributed by atoms with Crippen molar-refractivity contribution in [2.24, 2.45) is 28.3 Å². The van der Waals surface area contributed by atoms with Gasteiger partial charge in [0.1, 0.15) is 36.6 Å². The summed E-state index contributed by atoms with van der Waals surface area (Å²) >= 11 is 0. The average molecular weight is 779 g/mol. The number of aliphatic hydroxyl groups excluding tert-OH is 2. The molecule has 1 amide bonds. The number of unbranched alkanes of at least 4 members (excludes halogenated alkanes) is 2. The lowest BCUT2D eigenvalue weighted by molar-refractivity contribution is -0.255. The molecule has 56 heavy (non-hydrogen) atoms. The standard InChI is InChI=1S/C45H63FN2O8/c1-7-22-48(43(51)53-30-44(4,5)6)40-28-38(47-55-9-3)35-26-31(16-12-14-23-49)34(18-13-15-24-50)41-36-27-33(52-29-32-17-10-11-19-37(32)46)20-21-39(36)56-45(40,42(35)41)54-25-8-2/h8,10-11,17,19-21,26-27,31,34,40-42,49-50H,2,7,9,12-16,18,22-25,28-30H2,1,3-6H3. The Hall–Kier alpha value is -3.93. The number of allylic oxidation sites excluding steroid dienone is 1. The molecule has 6 atom stereocenters. The largest absolute Gasteiger partial charge is 0.489 e. The zero-order chi connectivity index (χ0) is 40.3. The molecule has 1 fully saturated rings. The summed E-state index contributed by atoms with van der Waals surface area (Å²) in [5.74, 6) is -1.02. The Kier molecular flexibility index (Phi) is 15.4. The molecule has 2 aliphatic carbocycles. The van der Waals surface area contributed by atoms with Gasteiger partial charge in [0.25, 0.3) is 0 Å². The molecule has 1 aliphatic heterocycles. The average Bonchev–Trinajstić information content (AvgIpc) is 3.18. The monoisotopic (exact) mass is 778 g/mol. The van der Waals surface area contributed by atoms with Gasteiger partial charge in [-0.3, -0.25) is 4.90 Å². The summed E-state index contributed by atoms with van der Waals surface area (Å²) in [6, 6.07) is 11.7. The predicted octanol–water partition coefficient (Wildman–Crippen LogP) is 8.95. The summed E-state index contributed by atoms with van der Waals surface area (Å²) in [4.78, 5) is 21.9. The van der Waals surface area contributed by atoms with Crippen LogP contribution >= 0.6 is 0 Å². The maximum absolute atomic E-state index is 14.7. The third kappa shape index (κ3) is 9.95. The molecule has 10 nitrogen and oxygen atoms in total. The van der Waals surface area contributed by atoms with Crippen LogP contribution in [0.3, 0.4) is 0 Å². The lowest BCUT2D eigenvalue weighted by atomic mass is 9.55. The van der Waals surface area contributed by atoms with Crippen LogP contribution in [0.4, 0.5) is 9.18 Å². The molecular weight excluding hydrogens is 715 g/mol. The number of oxime groups is 1. The molecule has 3 aliphatic rings. The summed E-state index contributed by atoms with van der Waals surface area (Å²) in [6.07, 6.45) is 9.16. The van der Waals surface area contributed by atoms with Gasteiger partial charge in [-0.1, -0.05) is 76.0 Å². The van der Waals surface area contributed by atoms with Crippen LogP contribution in [0, 0.1) is 29.0 Å². The fourth-order valence-electron chi connectivity index (χ4n) is 8.63. The number of fused-ring (bicyclic) bond motifs is 2. The third-order valence-corrected chi connectivity index (χ3v) is 11.0. The molecule has 0 aromatic heterocycles. The maximum atomic E-state index is 14.7. The van der Waals surface area contributed by atoms with Crippen molar-refractivity contribution in [2.75, 3.05) is 39.6 Å². The van der Waals surface area contributed by atoms with E-state index in [0.29, 0.717) is 55.9 Å². The van der Waals surface area contributed by atoms with Crippen molar-refractivity contribution in [3.05, 3.63) is 83.7 Å². The second kappa shape index (κ2) is 20.0. The van der Waals surface area contributed by atoms with E-state index in [-0.39, 0.29) is 62.0 Å². The summed E-state index contributed by atoms with van der Waals surface area (Å²) in [7, 11) is 0. The van der Waals surface area contributed by atoms with Crippen LogP contribution in [0.25, 0.3) is 0 Å². The molecule has 0 spiro atoms. The van der Waals surface area contributed by atoms with Gasteiger partial charge in [-0.15, -0.1) is 6.58 Å². The van der Waals surface area contributed by atoms with Crippen LogP contribution < -0.4 is 9.47 Å². The number of carbonyl (C=O) groups is 1. The Bertz CT molecular complexity index is 1670. The maximum Gasteiger partial charge on any atom is 0.410 e. The first kappa shape index (κ1) is 43.2. The highest BCUT2D eigenvalue weighted by atomic mass is 19.1. The zero-order valence-electron chi connectivity index (χ0n) is 34.0. The van der Waals surface area contributed by atoms with Gasteiger partial charge < -0.3 is 34.0 Å². The highest BCUT2D eigenvalue weighted by molar-refractivity contribution is 6.03. The van der Waals surface area contributed by atoms with Gasteiger partial charge in [-0.05, 0) is 86.1 Å². The topological polar surface area (TPSA) is 119 Å². The number of nitrogens with zero attached hydrogens (tertiary/aromatic N) is 2. The Labute approximate surface area is 332 Å². The Morgan fingerprint density at radius 1 is 1.09 bits per heavy atom. The number of ether oxygens (including phenoxy) is 4. The van der Waals surface area contributed by atoms with Crippen molar-refractivity contribution in [3.63, 3.8) is 0 Å². The van der Waals surface area contributed by atoms with Gasteiger partial charge in [-0.2, -0.15) is 0 Å². The van der Waals surface area contributed by atoms with E-state index >= 15 is 0 Å². The third-order valence-electron chi connectivity index (χ3n) is 11.0. The number of hydrogen-bond acceptors (Lipinski definition) is 9. The molecule has 0 bridgehead atoms. The van der Waals surface area contributed by atoms with Crippen LogP contribution in [0.15, 0.2) is 71.9 Å². The number of amides is 1. The van der Waals surface area contributed by atoms with Crippen molar-refractivity contribution in [3.8, 4) is 11.5 Å². The molecule has 1 heterocycles. The lowest BCUT2D eigenvalue weighted by Gasteiger charge is -2.60. The minimum atomic E-state index is -1.38. The molecule has 2 aromatic rings. The zero-order valence-corrected chi connectivity index (χ0v) is 34.0. The van der Waals surface area contributed by atoms with Crippen LogP contribution in [0.2, 0.25) is 0 Å². The van der Waals surface area contributed by atoms with Gasteiger partial charge in [-0.25, -0.2) is 9.18 Å². The summed E-state index contributed by atoms with van der Waals surface area (Å²) in [5.41, 5.74) is 2.82. The van der Waals surface area contributed by atoms with Gasteiger partial charge in [0.15, 0.2) is 0 Å². The first-order valence-electron chi connectivity index (χ1n) is 20.5. The van der Waals surface area contributed by atoms with E-state index in [1.54, 1.807) is 29.2 Å². The van der Waals surface area contributed by atoms with E-state index in [9.17, 15) is 19.4 Å². The van der Waals surface area contributed by atoms with E-state index in [4.69, 9.17) is 28.9 Å². The van der Waals surface area contributed by atoms with Crippen molar-refractivity contribution in [1.82, 2.24) is 4.90 Å². The molecule has 0 radical (unpaired) electrons. The molecule has 2 aromatic carbocycles.